The first kappa shape index (κ1) is 25.6. The Kier molecular flexibility index (Phi) is 6.57. The minimum Gasteiger partial charge on any atom is -0.381 e. The zero-order chi connectivity index (χ0) is 27.0. The number of nitrogens with zero attached hydrogens (tertiary/aromatic N) is 7. The van der Waals surface area contributed by atoms with Crippen LogP contribution in [0.2, 0.25) is 0 Å². The molecule has 192 valence electrons. The number of nitrogen functional groups attached to an aromatic ring is 1. The average Bonchev–Trinajstić information content (AvgIpc) is 2.88. The Morgan fingerprint density at radius 2 is 1.70 bits per heavy atom. The Bertz CT molecular complexity index is 1380. The third kappa shape index (κ3) is 4.56. The van der Waals surface area contributed by atoms with Crippen molar-refractivity contribution in [2.75, 3.05) is 41.7 Å². The summed E-state index contributed by atoms with van der Waals surface area (Å²) in [5.74, 6) is -1.04. The lowest BCUT2D eigenvalue weighted by Gasteiger charge is -2.36. The highest BCUT2D eigenvalue weighted by molar-refractivity contribution is 5.86. The van der Waals surface area contributed by atoms with Gasteiger partial charge in [0.2, 0.25) is 0 Å². The van der Waals surface area contributed by atoms with Crippen LogP contribution in [0.4, 0.5) is 30.6 Å². The Morgan fingerprint density at radius 1 is 1.08 bits per heavy atom. The van der Waals surface area contributed by atoms with Crippen molar-refractivity contribution in [1.82, 2.24) is 19.9 Å². The number of aliphatic hydroxyl groups is 1. The predicted octanol–water partition coefficient (Wildman–Crippen LogP) is 1.26. The number of rotatable bonds is 5. The van der Waals surface area contributed by atoms with E-state index in [1.165, 1.54) is 24.7 Å². The number of hydrogen-bond donors (Lipinski definition) is 3. The molecular formula is C23H22F3N9O2. The van der Waals surface area contributed by atoms with Crippen molar-refractivity contribution in [2.24, 2.45) is 5.73 Å². The molecule has 0 bridgehead atoms. The lowest BCUT2D eigenvalue weighted by Crippen LogP contribution is -2.52. The quantitative estimate of drug-likeness (QED) is 0.451. The number of halogens is 3. The number of carbonyl (C=O) groups excluding carboxylic acids is 1. The number of amides is 1. The fraction of sp³-hybridized carbons (Fsp3) is 0.304. The van der Waals surface area contributed by atoms with Crippen molar-refractivity contribution >= 4 is 23.4 Å². The van der Waals surface area contributed by atoms with Crippen LogP contribution in [0, 0.1) is 18.3 Å². The van der Waals surface area contributed by atoms with Crippen molar-refractivity contribution < 1.29 is 23.1 Å². The smallest absolute Gasteiger partial charge is 0.381 e. The third-order valence-corrected chi connectivity index (χ3v) is 6.14. The highest BCUT2D eigenvalue weighted by atomic mass is 19.4. The van der Waals surface area contributed by atoms with Gasteiger partial charge in [-0.2, -0.15) is 18.4 Å². The molecule has 1 aromatic carbocycles. The molecule has 14 heteroatoms. The van der Waals surface area contributed by atoms with Gasteiger partial charge in [0.15, 0.2) is 23.1 Å². The number of alkyl halides is 3. The standard InChI is InChI=1S/C23H22F3N9O2/c1-13-2-3-14(22(37,21(29)36)23(24,25)26)10-15(13)17-12-32-18(28)20(33-17)35-8-6-34(7-9-35)19-16(11-27)30-4-5-31-19/h2-5,10,12,37H,6-9H2,1H3,(H2,28,32)(H2,29,36). The van der Waals surface area contributed by atoms with Crippen LogP contribution < -0.4 is 21.3 Å². The van der Waals surface area contributed by atoms with Crippen LogP contribution in [0.5, 0.6) is 0 Å². The second-order valence-corrected chi connectivity index (χ2v) is 8.38. The molecule has 0 saturated carbocycles. The lowest BCUT2D eigenvalue weighted by atomic mass is 9.89. The van der Waals surface area contributed by atoms with E-state index in [0.29, 0.717) is 43.4 Å². The number of aromatic nitrogens is 4. The molecule has 1 fully saturated rings. The molecule has 3 heterocycles. The number of piperazine rings is 1. The van der Waals surface area contributed by atoms with Crippen molar-refractivity contribution in [3.63, 3.8) is 0 Å². The van der Waals surface area contributed by atoms with Gasteiger partial charge < -0.3 is 26.4 Å². The Labute approximate surface area is 209 Å². The van der Waals surface area contributed by atoms with E-state index in [1.54, 1.807) is 6.92 Å². The summed E-state index contributed by atoms with van der Waals surface area (Å²) in [5.41, 5.74) is 7.55. The molecular weight excluding hydrogens is 491 g/mol. The number of nitrogens with two attached hydrogens (primary N) is 2. The first-order valence-electron chi connectivity index (χ1n) is 11.0. The molecule has 0 spiro atoms. The molecule has 5 N–H and O–H groups in total. The second-order valence-electron chi connectivity index (χ2n) is 8.38. The number of benzene rings is 1. The maximum absolute atomic E-state index is 13.6. The fourth-order valence-electron chi connectivity index (χ4n) is 4.09. The molecule has 1 amide bonds. The molecule has 4 rings (SSSR count). The van der Waals surface area contributed by atoms with Crippen LogP contribution >= 0.6 is 0 Å². The Balaban J connectivity index is 1.65. The van der Waals surface area contributed by atoms with Crippen molar-refractivity contribution in [1.29, 1.82) is 5.26 Å². The molecule has 1 unspecified atom stereocenters. The van der Waals surface area contributed by atoms with E-state index in [-0.39, 0.29) is 22.8 Å². The minimum absolute atomic E-state index is 0.118. The van der Waals surface area contributed by atoms with E-state index >= 15 is 0 Å². The topological polar surface area (TPSA) is 171 Å². The Morgan fingerprint density at radius 3 is 2.30 bits per heavy atom. The van der Waals surface area contributed by atoms with Crippen molar-refractivity contribution in [3.05, 3.63) is 53.6 Å². The van der Waals surface area contributed by atoms with Gasteiger partial charge in [0, 0.05) is 49.7 Å². The van der Waals surface area contributed by atoms with E-state index in [2.05, 4.69) is 19.9 Å². The van der Waals surface area contributed by atoms with Gasteiger partial charge in [-0.1, -0.05) is 12.1 Å². The number of hydrogen-bond acceptors (Lipinski definition) is 10. The molecule has 0 radical (unpaired) electrons. The molecule has 1 aliphatic heterocycles. The van der Waals surface area contributed by atoms with Gasteiger partial charge in [-0.3, -0.25) is 4.79 Å². The number of carbonyl (C=O) groups is 1. The predicted molar refractivity (Wildman–Crippen MR) is 127 cm³/mol. The highest BCUT2D eigenvalue weighted by Gasteiger charge is 2.60. The molecule has 2 aromatic heterocycles. The van der Waals surface area contributed by atoms with Crippen LogP contribution in [0.3, 0.4) is 0 Å². The van der Waals surface area contributed by atoms with Crippen molar-refractivity contribution in [2.45, 2.75) is 18.7 Å². The van der Waals surface area contributed by atoms with Gasteiger partial charge in [0.05, 0.1) is 11.9 Å². The van der Waals surface area contributed by atoms with Gasteiger partial charge >= 0.3 is 6.18 Å². The first-order valence-corrected chi connectivity index (χ1v) is 11.0. The van der Waals surface area contributed by atoms with E-state index in [4.69, 9.17) is 11.5 Å². The van der Waals surface area contributed by atoms with Gasteiger partial charge in [-0.05, 0) is 18.6 Å². The average molecular weight is 513 g/mol. The molecule has 0 aliphatic carbocycles. The summed E-state index contributed by atoms with van der Waals surface area (Å²) in [6, 6.07) is 5.36. The molecule has 37 heavy (non-hydrogen) atoms. The lowest BCUT2D eigenvalue weighted by molar-refractivity contribution is -0.255. The summed E-state index contributed by atoms with van der Waals surface area (Å²) in [6.07, 6.45) is -1.09. The molecule has 1 saturated heterocycles. The van der Waals surface area contributed by atoms with E-state index in [0.717, 1.165) is 12.1 Å². The van der Waals surface area contributed by atoms with Crippen LogP contribution in [-0.2, 0) is 10.4 Å². The summed E-state index contributed by atoms with van der Waals surface area (Å²) in [5, 5.41) is 19.5. The van der Waals surface area contributed by atoms with Crippen LogP contribution in [0.25, 0.3) is 11.3 Å². The number of nitriles is 1. The monoisotopic (exact) mass is 513 g/mol. The zero-order valence-corrected chi connectivity index (χ0v) is 19.6. The molecule has 3 aromatic rings. The highest BCUT2D eigenvalue weighted by Crippen LogP contribution is 2.40. The largest absolute Gasteiger partial charge is 0.430 e. The maximum Gasteiger partial charge on any atom is 0.430 e. The minimum atomic E-state index is -5.34. The summed E-state index contributed by atoms with van der Waals surface area (Å²) in [4.78, 5) is 32.4. The molecule has 1 atom stereocenters. The number of aryl methyl sites for hydroxylation is 1. The van der Waals surface area contributed by atoms with E-state index in [1.807, 2.05) is 15.9 Å². The van der Waals surface area contributed by atoms with Crippen molar-refractivity contribution in [3.8, 4) is 17.3 Å². The SMILES string of the molecule is Cc1ccc(C(O)(C(N)=O)C(F)(F)F)cc1-c1cnc(N)c(N2CCN(c3nccnc3C#N)CC2)n1. The van der Waals surface area contributed by atoms with E-state index < -0.39 is 23.2 Å². The van der Waals surface area contributed by atoms with Gasteiger partial charge in [0.25, 0.3) is 11.5 Å². The van der Waals surface area contributed by atoms with Gasteiger partial charge in [0.1, 0.15) is 6.07 Å². The molecule has 1 aliphatic rings. The van der Waals surface area contributed by atoms with Crippen LogP contribution in [0.1, 0.15) is 16.8 Å². The summed E-state index contributed by atoms with van der Waals surface area (Å²) in [7, 11) is 0. The van der Waals surface area contributed by atoms with Crippen LogP contribution in [0.15, 0.2) is 36.8 Å². The van der Waals surface area contributed by atoms with Gasteiger partial charge in [-0.15, -0.1) is 0 Å². The first-order chi connectivity index (χ1) is 17.5. The summed E-state index contributed by atoms with van der Waals surface area (Å²) >= 11 is 0. The summed E-state index contributed by atoms with van der Waals surface area (Å²) < 4.78 is 40.8. The van der Waals surface area contributed by atoms with Gasteiger partial charge in [-0.25, -0.2) is 19.9 Å². The summed E-state index contributed by atoms with van der Waals surface area (Å²) in [6.45, 7) is 3.48. The number of anilines is 3. The molecule has 11 nitrogen and oxygen atoms in total. The maximum atomic E-state index is 13.6. The normalized spacial score (nSPS) is 15.7. The van der Waals surface area contributed by atoms with E-state index in [9.17, 15) is 28.3 Å². The fourth-order valence-corrected chi connectivity index (χ4v) is 4.09. The number of primary amides is 1. The second kappa shape index (κ2) is 9.51. The zero-order valence-electron chi connectivity index (χ0n) is 19.6. The third-order valence-electron chi connectivity index (χ3n) is 6.14. The van der Waals surface area contributed by atoms with Crippen LogP contribution in [-0.4, -0.2) is 63.3 Å². The Hall–Kier alpha value is -4.51.